The molecule has 7 nitrogen and oxygen atoms in total. The SMILES string of the molecule is Cc1ccccc1N(NC(=O)OC(C)(C)C)C(=O)NC(=O)c1ccccc1. The molecule has 0 bridgehead atoms. The first-order chi connectivity index (χ1) is 12.7. The molecule has 0 fully saturated rings. The lowest BCUT2D eigenvalue weighted by Crippen LogP contribution is -2.53. The molecule has 7 heteroatoms. The number of nitrogens with zero attached hydrogens (tertiary/aromatic N) is 1. The van der Waals surface area contributed by atoms with Crippen LogP contribution in [0.1, 0.15) is 36.7 Å². The molecule has 2 aromatic carbocycles. The Morgan fingerprint density at radius 2 is 1.52 bits per heavy atom. The van der Waals surface area contributed by atoms with E-state index in [0.717, 1.165) is 10.6 Å². The molecule has 0 aromatic heterocycles. The fourth-order valence-electron chi connectivity index (χ4n) is 2.24. The molecule has 0 heterocycles. The number of aryl methyl sites for hydroxylation is 1. The Labute approximate surface area is 158 Å². The molecule has 27 heavy (non-hydrogen) atoms. The Balaban J connectivity index is 2.23. The predicted octanol–water partition coefficient (Wildman–Crippen LogP) is 3.79. The average Bonchev–Trinajstić information content (AvgIpc) is 2.59. The van der Waals surface area contributed by atoms with Crippen LogP contribution in [0, 0.1) is 6.92 Å². The monoisotopic (exact) mass is 369 g/mol. The van der Waals surface area contributed by atoms with Crippen LogP contribution in [-0.2, 0) is 4.74 Å². The van der Waals surface area contributed by atoms with Gasteiger partial charge < -0.3 is 4.74 Å². The molecule has 4 amide bonds. The first-order valence-corrected chi connectivity index (χ1v) is 8.43. The maximum atomic E-state index is 12.7. The summed E-state index contributed by atoms with van der Waals surface area (Å²) in [4.78, 5) is 37.2. The molecule has 142 valence electrons. The van der Waals surface area contributed by atoms with E-state index in [0.29, 0.717) is 11.3 Å². The molecule has 0 aliphatic carbocycles. The number of hydrogen-bond acceptors (Lipinski definition) is 4. The van der Waals surface area contributed by atoms with E-state index in [1.54, 1.807) is 82.3 Å². The normalized spacial score (nSPS) is 10.7. The van der Waals surface area contributed by atoms with Gasteiger partial charge in [0.25, 0.3) is 5.91 Å². The molecule has 2 rings (SSSR count). The summed E-state index contributed by atoms with van der Waals surface area (Å²) >= 11 is 0. The number of amides is 4. The van der Waals surface area contributed by atoms with Crippen LogP contribution in [0.25, 0.3) is 0 Å². The zero-order chi connectivity index (χ0) is 20.0. The Morgan fingerprint density at radius 1 is 0.926 bits per heavy atom. The van der Waals surface area contributed by atoms with Crippen molar-refractivity contribution >= 4 is 23.7 Å². The molecule has 2 N–H and O–H groups in total. The van der Waals surface area contributed by atoms with Crippen molar-refractivity contribution in [3.63, 3.8) is 0 Å². The third-order valence-corrected chi connectivity index (χ3v) is 3.42. The maximum absolute atomic E-state index is 12.7. The Morgan fingerprint density at radius 3 is 2.11 bits per heavy atom. The van der Waals surface area contributed by atoms with Gasteiger partial charge in [-0.1, -0.05) is 36.4 Å². The number of hydrogen-bond donors (Lipinski definition) is 2. The average molecular weight is 369 g/mol. The minimum atomic E-state index is -0.812. The number of rotatable bonds is 2. The number of para-hydroxylation sites is 1. The van der Waals surface area contributed by atoms with Gasteiger partial charge in [0, 0.05) is 5.56 Å². The second-order valence-corrected chi connectivity index (χ2v) is 6.86. The van der Waals surface area contributed by atoms with E-state index < -0.39 is 23.6 Å². The van der Waals surface area contributed by atoms with Crippen LogP contribution in [0.2, 0.25) is 0 Å². The van der Waals surface area contributed by atoms with Crippen molar-refractivity contribution in [3.05, 3.63) is 65.7 Å². The molecule has 0 spiro atoms. The molecular formula is C20H23N3O4. The van der Waals surface area contributed by atoms with Crippen LogP contribution in [-0.4, -0.2) is 23.6 Å². The lowest BCUT2D eigenvalue weighted by molar-refractivity contribution is 0.0523. The van der Waals surface area contributed by atoms with Crippen molar-refractivity contribution in [1.82, 2.24) is 10.7 Å². The van der Waals surface area contributed by atoms with Gasteiger partial charge in [0.1, 0.15) is 5.60 Å². The summed E-state index contributed by atoms with van der Waals surface area (Å²) in [6, 6.07) is 14.5. The topological polar surface area (TPSA) is 87.7 Å². The zero-order valence-electron chi connectivity index (χ0n) is 15.8. The van der Waals surface area contributed by atoms with Gasteiger partial charge in [0.15, 0.2) is 0 Å². The lowest BCUT2D eigenvalue weighted by atomic mass is 10.2. The molecule has 0 aliphatic heterocycles. The van der Waals surface area contributed by atoms with E-state index in [1.165, 1.54) is 0 Å². The van der Waals surface area contributed by atoms with Crippen molar-refractivity contribution in [3.8, 4) is 0 Å². The number of carbonyl (C=O) groups is 3. The maximum Gasteiger partial charge on any atom is 0.427 e. The summed E-state index contributed by atoms with van der Waals surface area (Å²) in [7, 11) is 0. The van der Waals surface area contributed by atoms with Gasteiger partial charge in [-0.15, -0.1) is 0 Å². The highest BCUT2D eigenvalue weighted by Crippen LogP contribution is 2.18. The standard InChI is InChI=1S/C20H23N3O4/c1-14-10-8-9-13-16(14)23(22-19(26)27-20(2,3)4)18(25)21-17(24)15-11-6-5-7-12-15/h5-13H,1-4H3,(H,22,26)(H,21,24,25). The number of imide groups is 1. The van der Waals surface area contributed by atoms with Gasteiger partial charge in [-0.3, -0.25) is 10.1 Å². The third-order valence-electron chi connectivity index (χ3n) is 3.42. The van der Waals surface area contributed by atoms with Crippen molar-refractivity contribution in [2.24, 2.45) is 0 Å². The summed E-state index contributed by atoms with van der Waals surface area (Å²) in [5.74, 6) is -0.579. The number of ether oxygens (including phenoxy) is 1. The first-order valence-electron chi connectivity index (χ1n) is 8.43. The van der Waals surface area contributed by atoms with E-state index in [-0.39, 0.29) is 0 Å². The number of carbonyl (C=O) groups excluding carboxylic acids is 3. The highest BCUT2D eigenvalue weighted by Gasteiger charge is 2.25. The van der Waals surface area contributed by atoms with Crippen LogP contribution in [0.5, 0.6) is 0 Å². The van der Waals surface area contributed by atoms with Gasteiger partial charge >= 0.3 is 12.1 Å². The minimum absolute atomic E-state index is 0.327. The third kappa shape index (κ3) is 5.85. The van der Waals surface area contributed by atoms with Crippen molar-refractivity contribution in [2.75, 3.05) is 5.01 Å². The Hall–Kier alpha value is -3.35. The van der Waals surface area contributed by atoms with Crippen molar-refractivity contribution in [1.29, 1.82) is 0 Å². The van der Waals surface area contributed by atoms with Crippen LogP contribution in [0.15, 0.2) is 54.6 Å². The summed E-state index contributed by atoms with van der Waals surface area (Å²) < 4.78 is 5.21. The minimum Gasteiger partial charge on any atom is -0.443 e. The number of anilines is 1. The number of urea groups is 1. The quantitative estimate of drug-likeness (QED) is 0.789. The van der Waals surface area contributed by atoms with Crippen molar-refractivity contribution < 1.29 is 19.1 Å². The van der Waals surface area contributed by atoms with Gasteiger partial charge in [0.05, 0.1) is 5.69 Å². The highest BCUT2D eigenvalue weighted by molar-refractivity contribution is 6.09. The highest BCUT2D eigenvalue weighted by atomic mass is 16.6. The second kappa shape index (κ2) is 8.35. The van der Waals surface area contributed by atoms with Gasteiger partial charge in [-0.25, -0.2) is 15.0 Å². The van der Waals surface area contributed by atoms with E-state index in [1.807, 2.05) is 0 Å². The van der Waals surface area contributed by atoms with Gasteiger partial charge in [0.2, 0.25) is 0 Å². The first kappa shape index (κ1) is 20.0. The fraction of sp³-hybridized carbons (Fsp3) is 0.250. The van der Waals surface area contributed by atoms with Gasteiger partial charge in [-0.05, 0) is 51.5 Å². The Bertz CT molecular complexity index is 829. The zero-order valence-corrected chi connectivity index (χ0v) is 15.8. The predicted molar refractivity (Wildman–Crippen MR) is 102 cm³/mol. The van der Waals surface area contributed by atoms with Gasteiger partial charge in [-0.2, -0.15) is 5.01 Å². The Kier molecular flexibility index (Phi) is 6.18. The summed E-state index contributed by atoms with van der Waals surface area (Å²) in [6.07, 6.45) is -0.812. The molecule has 0 atom stereocenters. The van der Waals surface area contributed by atoms with Crippen LogP contribution >= 0.6 is 0 Å². The molecule has 0 unspecified atom stereocenters. The number of hydrazine groups is 1. The molecular weight excluding hydrogens is 346 g/mol. The molecule has 0 saturated carbocycles. The molecule has 0 aliphatic rings. The van der Waals surface area contributed by atoms with Crippen LogP contribution in [0.3, 0.4) is 0 Å². The summed E-state index contributed by atoms with van der Waals surface area (Å²) in [5.41, 5.74) is 3.13. The fourth-order valence-corrected chi connectivity index (χ4v) is 2.24. The van der Waals surface area contributed by atoms with E-state index in [4.69, 9.17) is 4.74 Å². The molecule has 2 aromatic rings. The van der Waals surface area contributed by atoms with Crippen molar-refractivity contribution in [2.45, 2.75) is 33.3 Å². The largest absolute Gasteiger partial charge is 0.443 e. The molecule has 0 radical (unpaired) electrons. The summed E-state index contributed by atoms with van der Waals surface area (Å²) in [5, 5.41) is 3.23. The summed E-state index contributed by atoms with van der Waals surface area (Å²) in [6.45, 7) is 6.92. The number of benzene rings is 2. The van der Waals surface area contributed by atoms with Crippen LogP contribution < -0.4 is 15.8 Å². The lowest BCUT2D eigenvalue weighted by Gasteiger charge is -2.27. The van der Waals surface area contributed by atoms with E-state index in [2.05, 4.69) is 10.7 Å². The smallest absolute Gasteiger partial charge is 0.427 e. The molecule has 0 saturated heterocycles. The van der Waals surface area contributed by atoms with E-state index >= 15 is 0 Å². The second-order valence-electron chi connectivity index (χ2n) is 6.86. The van der Waals surface area contributed by atoms with E-state index in [9.17, 15) is 14.4 Å². The van der Waals surface area contributed by atoms with Crippen LogP contribution in [0.4, 0.5) is 15.3 Å². The number of nitrogens with one attached hydrogen (secondary N) is 2.